The Hall–Kier alpha value is -1.32. The minimum Gasteiger partial charge on any atom is -0.354 e. The largest absolute Gasteiger partial charge is 0.354 e. The minimum atomic E-state index is 0.605. The Balaban J connectivity index is 2.09. The van der Waals surface area contributed by atoms with Crippen molar-refractivity contribution in [1.29, 1.82) is 0 Å². The molecule has 1 unspecified atom stereocenters. The van der Waals surface area contributed by atoms with Crippen LogP contribution in [0.3, 0.4) is 0 Å². The maximum absolute atomic E-state index is 4.55. The van der Waals surface area contributed by atoms with Crippen molar-refractivity contribution >= 4 is 11.8 Å². The van der Waals surface area contributed by atoms with Gasteiger partial charge >= 0.3 is 0 Å². The number of hydrogen-bond donors (Lipinski definition) is 1. The van der Waals surface area contributed by atoms with Crippen LogP contribution in [0.25, 0.3) is 0 Å². The summed E-state index contributed by atoms with van der Waals surface area (Å²) in [5.41, 5.74) is 0. The Morgan fingerprint density at radius 3 is 3.12 bits per heavy atom. The van der Waals surface area contributed by atoms with Gasteiger partial charge in [0.25, 0.3) is 0 Å². The van der Waals surface area contributed by atoms with Crippen molar-refractivity contribution in [2.24, 2.45) is 0 Å². The van der Waals surface area contributed by atoms with Crippen LogP contribution in [0.2, 0.25) is 0 Å². The highest BCUT2D eigenvalue weighted by Gasteiger charge is 2.21. The number of nitrogens with zero attached hydrogens (tertiary/aromatic N) is 3. The third-order valence-corrected chi connectivity index (χ3v) is 3.02. The highest BCUT2D eigenvalue weighted by atomic mass is 15.3. The standard InChI is InChI=1S/C12H20N4/c1-3-7-13-12-14-8-6-11(15-12)16-9-4-5-10(16)2/h6,8,10H,3-5,7,9H2,1-2H3,(H,13,14,15). The van der Waals surface area contributed by atoms with Crippen LogP contribution >= 0.6 is 0 Å². The molecule has 88 valence electrons. The van der Waals surface area contributed by atoms with E-state index in [1.807, 2.05) is 12.3 Å². The summed E-state index contributed by atoms with van der Waals surface area (Å²) >= 11 is 0. The van der Waals surface area contributed by atoms with Gasteiger partial charge in [-0.1, -0.05) is 6.92 Å². The van der Waals surface area contributed by atoms with E-state index >= 15 is 0 Å². The molecule has 0 aromatic carbocycles. The highest BCUT2D eigenvalue weighted by Crippen LogP contribution is 2.23. The highest BCUT2D eigenvalue weighted by molar-refractivity contribution is 5.44. The van der Waals surface area contributed by atoms with Gasteiger partial charge in [-0.15, -0.1) is 0 Å². The SMILES string of the molecule is CCCNc1nccc(N2CCCC2C)n1. The quantitative estimate of drug-likeness (QED) is 0.845. The van der Waals surface area contributed by atoms with Crippen molar-refractivity contribution < 1.29 is 0 Å². The summed E-state index contributed by atoms with van der Waals surface area (Å²) in [7, 11) is 0. The summed E-state index contributed by atoms with van der Waals surface area (Å²) in [6, 6.07) is 2.60. The van der Waals surface area contributed by atoms with Crippen molar-refractivity contribution in [2.75, 3.05) is 23.3 Å². The lowest BCUT2D eigenvalue weighted by Crippen LogP contribution is -2.27. The molecule has 1 N–H and O–H groups in total. The van der Waals surface area contributed by atoms with Gasteiger partial charge in [-0.05, 0) is 32.3 Å². The summed E-state index contributed by atoms with van der Waals surface area (Å²) in [5, 5.41) is 3.22. The zero-order valence-electron chi connectivity index (χ0n) is 10.1. The molecule has 4 heteroatoms. The summed E-state index contributed by atoms with van der Waals surface area (Å²) in [5.74, 6) is 1.80. The first kappa shape index (κ1) is 11.2. The number of hydrogen-bond acceptors (Lipinski definition) is 4. The smallest absolute Gasteiger partial charge is 0.224 e. The van der Waals surface area contributed by atoms with Crippen LogP contribution in [0.5, 0.6) is 0 Å². The van der Waals surface area contributed by atoms with Crippen molar-refractivity contribution in [2.45, 2.75) is 39.2 Å². The second-order valence-electron chi connectivity index (χ2n) is 4.35. The molecule has 0 spiro atoms. The van der Waals surface area contributed by atoms with Crippen LogP contribution in [0.4, 0.5) is 11.8 Å². The minimum absolute atomic E-state index is 0.605. The molecular formula is C12H20N4. The Bertz CT molecular complexity index is 340. The Labute approximate surface area is 97.1 Å². The molecule has 0 bridgehead atoms. The normalized spacial score (nSPS) is 20.1. The predicted octanol–water partition coefficient (Wildman–Crippen LogP) is 2.29. The molecule has 0 amide bonds. The van der Waals surface area contributed by atoms with Gasteiger partial charge in [0, 0.05) is 25.3 Å². The zero-order valence-corrected chi connectivity index (χ0v) is 10.1. The van der Waals surface area contributed by atoms with Gasteiger partial charge in [-0.3, -0.25) is 0 Å². The van der Waals surface area contributed by atoms with E-state index in [0.717, 1.165) is 31.3 Å². The second kappa shape index (κ2) is 5.14. The summed E-state index contributed by atoms with van der Waals surface area (Å²) in [6.45, 7) is 6.44. The molecule has 0 saturated carbocycles. The fourth-order valence-electron chi connectivity index (χ4n) is 2.10. The first-order valence-corrected chi connectivity index (χ1v) is 6.15. The summed E-state index contributed by atoms with van der Waals surface area (Å²) in [4.78, 5) is 11.1. The summed E-state index contributed by atoms with van der Waals surface area (Å²) in [6.07, 6.45) is 5.46. The Morgan fingerprint density at radius 2 is 2.44 bits per heavy atom. The second-order valence-corrected chi connectivity index (χ2v) is 4.35. The van der Waals surface area contributed by atoms with Crippen LogP contribution in [0.1, 0.15) is 33.1 Å². The van der Waals surface area contributed by atoms with Crippen LogP contribution in [-0.2, 0) is 0 Å². The van der Waals surface area contributed by atoms with Crippen molar-refractivity contribution in [3.05, 3.63) is 12.3 Å². The number of rotatable bonds is 4. The lowest BCUT2D eigenvalue weighted by atomic mass is 10.2. The molecule has 0 aliphatic carbocycles. The molecule has 1 aliphatic heterocycles. The van der Waals surface area contributed by atoms with Gasteiger partial charge in [-0.2, -0.15) is 4.98 Å². The topological polar surface area (TPSA) is 41.1 Å². The van der Waals surface area contributed by atoms with Gasteiger partial charge in [0.05, 0.1) is 0 Å². The van der Waals surface area contributed by atoms with E-state index < -0.39 is 0 Å². The van der Waals surface area contributed by atoms with Crippen molar-refractivity contribution in [1.82, 2.24) is 9.97 Å². The van der Waals surface area contributed by atoms with Crippen LogP contribution in [-0.4, -0.2) is 29.1 Å². The van der Waals surface area contributed by atoms with Crippen LogP contribution in [0.15, 0.2) is 12.3 Å². The molecule has 0 radical (unpaired) electrons. The Morgan fingerprint density at radius 1 is 1.56 bits per heavy atom. The van der Waals surface area contributed by atoms with Crippen molar-refractivity contribution in [3.8, 4) is 0 Å². The van der Waals surface area contributed by atoms with Gasteiger partial charge in [0.1, 0.15) is 5.82 Å². The van der Waals surface area contributed by atoms with Crippen LogP contribution < -0.4 is 10.2 Å². The predicted molar refractivity (Wildman–Crippen MR) is 66.9 cm³/mol. The molecule has 1 aromatic heterocycles. The average molecular weight is 220 g/mol. The molecule has 2 heterocycles. The van der Waals surface area contributed by atoms with Crippen molar-refractivity contribution in [3.63, 3.8) is 0 Å². The van der Waals surface area contributed by atoms with E-state index in [9.17, 15) is 0 Å². The molecule has 2 rings (SSSR count). The molecular weight excluding hydrogens is 200 g/mol. The average Bonchev–Trinajstić information content (AvgIpc) is 2.73. The molecule has 1 atom stereocenters. The maximum atomic E-state index is 4.55. The first-order valence-electron chi connectivity index (χ1n) is 6.15. The summed E-state index contributed by atoms with van der Waals surface area (Å²) < 4.78 is 0. The van der Waals surface area contributed by atoms with Gasteiger partial charge in [0.2, 0.25) is 5.95 Å². The molecule has 1 aromatic rings. The third-order valence-electron chi connectivity index (χ3n) is 3.02. The fourth-order valence-corrected chi connectivity index (χ4v) is 2.10. The van der Waals surface area contributed by atoms with E-state index in [2.05, 4.69) is 34.0 Å². The van der Waals surface area contributed by atoms with E-state index in [-0.39, 0.29) is 0 Å². The number of anilines is 2. The lowest BCUT2D eigenvalue weighted by molar-refractivity contribution is 0.726. The monoisotopic (exact) mass is 220 g/mol. The lowest BCUT2D eigenvalue weighted by Gasteiger charge is -2.22. The number of aromatic nitrogens is 2. The third kappa shape index (κ3) is 2.43. The van der Waals surface area contributed by atoms with E-state index in [4.69, 9.17) is 0 Å². The molecule has 16 heavy (non-hydrogen) atoms. The van der Waals surface area contributed by atoms with E-state index in [0.29, 0.717) is 6.04 Å². The molecule has 1 saturated heterocycles. The Kier molecular flexibility index (Phi) is 3.59. The molecule has 4 nitrogen and oxygen atoms in total. The van der Waals surface area contributed by atoms with Gasteiger partial charge in [-0.25, -0.2) is 4.98 Å². The maximum Gasteiger partial charge on any atom is 0.224 e. The molecule has 1 aliphatic rings. The van der Waals surface area contributed by atoms with Gasteiger partial charge in [0.15, 0.2) is 0 Å². The fraction of sp³-hybridized carbons (Fsp3) is 0.667. The first-order chi connectivity index (χ1) is 7.81. The molecule has 1 fully saturated rings. The van der Waals surface area contributed by atoms with E-state index in [1.165, 1.54) is 12.8 Å². The van der Waals surface area contributed by atoms with E-state index in [1.54, 1.807) is 0 Å². The number of nitrogens with one attached hydrogen (secondary N) is 1. The van der Waals surface area contributed by atoms with Crippen LogP contribution in [0, 0.1) is 0 Å². The van der Waals surface area contributed by atoms with Gasteiger partial charge < -0.3 is 10.2 Å². The zero-order chi connectivity index (χ0) is 11.4.